The van der Waals surface area contributed by atoms with Crippen LogP contribution in [0.4, 0.5) is 5.82 Å². The maximum absolute atomic E-state index is 11.6. The summed E-state index contributed by atoms with van der Waals surface area (Å²) in [5.74, 6) is 0.822. The van der Waals surface area contributed by atoms with Crippen molar-refractivity contribution < 1.29 is 4.79 Å². The Morgan fingerprint density at radius 3 is 3.00 bits per heavy atom. The summed E-state index contributed by atoms with van der Waals surface area (Å²) < 4.78 is 0. The Morgan fingerprint density at radius 1 is 1.61 bits per heavy atom. The predicted octanol–water partition coefficient (Wildman–Crippen LogP) is 2.51. The quantitative estimate of drug-likeness (QED) is 0.808. The number of aromatic nitrogens is 1. The van der Waals surface area contributed by atoms with Gasteiger partial charge in [0, 0.05) is 24.2 Å². The minimum absolute atomic E-state index is 0.0625. The molecule has 1 N–H and O–H groups in total. The molecule has 0 spiro atoms. The van der Waals surface area contributed by atoms with Crippen LogP contribution in [0.2, 0.25) is 0 Å². The Morgan fingerprint density at radius 2 is 2.39 bits per heavy atom. The number of pyridine rings is 1. The number of nitrogens with one attached hydrogen (secondary N) is 1. The normalized spacial score (nSPS) is 14.7. The number of anilines is 1. The number of carbonyl (C=O) groups excluding carboxylic acids is 1. The maximum atomic E-state index is 11.6. The van der Waals surface area contributed by atoms with Gasteiger partial charge < -0.3 is 5.32 Å². The first kappa shape index (κ1) is 12.5. The molecule has 1 fully saturated rings. The molecule has 1 amide bonds. The van der Waals surface area contributed by atoms with Crippen molar-refractivity contribution in [3.63, 3.8) is 0 Å². The molecule has 1 aromatic heterocycles. The van der Waals surface area contributed by atoms with Gasteiger partial charge in [0.2, 0.25) is 5.91 Å². The Hall–Kier alpha value is -1.97. The fourth-order valence-corrected chi connectivity index (χ4v) is 1.59. The molecule has 0 bridgehead atoms. The number of aliphatic imine (C=N–C) groups is 1. The van der Waals surface area contributed by atoms with Gasteiger partial charge in [0.05, 0.1) is 5.69 Å². The lowest BCUT2D eigenvalue weighted by atomic mass is 10.2. The molecule has 0 aromatic carbocycles. The number of amides is 1. The van der Waals surface area contributed by atoms with Gasteiger partial charge in [-0.15, -0.1) is 0 Å². The maximum Gasteiger partial charge on any atom is 0.228 e. The molecule has 2 rings (SSSR count). The molecule has 0 radical (unpaired) electrons. The van der Waals surface area contributed by atoms with E-state index in [4.69, 9.17) is 0 Å². The van der Waals surface area contributed by atoms with Crippen LogP contribution in [0.1, 0.15) is 31.0 Å². The van der Waals surface area contributed by atoms with Crippen molar-refractivity contribution in [2.24, 2.45) is 10.9 Å². The minimum Gasteiger partial charge on any atom is -0.310 e. The zero-order chi connectivity index (χ0) is 13.0. The summed E-state index contributed by atoms with van der Waals surface area (Å²) in [6, 6.07) is 3.69. The second-order valence-electron chi connectivity index (χ2n) is 4.27. The number of hydrogen-bond acceptors (Lipinski definition) is 3. The van der Waals surface area contributed by atoms with E-state index >= 15 is 0 Å². The van der Waals surface area contributed by atoms with Crippen molar-refractivity contribution in [2.45, 2.75) is 19.8 Å². The molecular weight excluding hydrogens is 226 g/mol. The van der Waals surface area contributed by atoms with Gasteiger partial charge in [-0.25, -0.2) is 4.98 Å². The highest BCUT2D eigenvalue weighted by molar-refractivity contribution is 5.94. The Labute approximate surface area is 107 Å². The smallest absolute Gasteiger partial charge is 0.228 e. The molecule has 0 saturated heterocycles. The third-order valence-electron chi connectivity index (χ3n) is 2.76. The number of hydrogen-bond donors (Lipinski definition) is 1. The van der Waals surface area contributed by atoms with E-state index in [9.17, 15) is 4.79 Å². The Bertz CT molecular complexity index is 490. The summed E-state index contributed by atoms with van der Waals surface area (Å²) in [5.41, 5.74) is 1.65. The SMILES string of the molecule is C=Cc1nc(NC(=O)C2CC2)ccc1/C=N\CC. The molecule has 1 heterocycles. The number of nitrogens with zero attached hydrogens (tertiary/aromatic N) is 2. The van der Waals surface area contributed by atoms with Gasteiger partial charge in [-0.2, -0.15) is 0 Å². The summed E-state index contributed by atoms with van der Waals surface area (Å²) in [6.07, 6.45) is 5.42. The predicted molar refractivity (Wildman–Crippen MR) is 73.8 cm³/mol. The van der Waals surface area contributed by atoms with Crippen molar-refractivity contribution >= 4 is 24.0 Å². The molecular formula is C14H17N3O. The minimum atomic E-state index is 0.0625. The zero-order valence-corrected chi connectivity index (χ0v) is 10.5. The molecule has 4 nitrogen and oxygen atoms in total. The number of rotatable bonds is 5. The van der Waals surface area contributed by atoms with Crippen molar-refractivity contribution in [1.82, 2.24) is 4.98 Å². The second kappa shape index (κ2) is 5.58. The van der Waals surface area contributed by atoms with Gasteiger partial charge in [-0.1, -0.05) is 6.58 Å². The van der Waals surface area contributed by atoms with Crippen LogP contribution in [0.3, 0.4) is 0 Å². The van der Waals surface area contributed by atoms with Crippen molar-refractivity contribution in [2.75, 3.05) is 11.9 Å². The topological polar surface area (TPSA) is 54.4 Å². The fourth-order valence-electron chi connectivity index (χ4n) is 1.59. The number of carbonyl (C=O) groups is 1. The van der Waals surface area contributed by atoms with Gasteiger partial charge >= 0.3 is 0 Å². The first-order valence-corrected chi connectivity index (χ1v) is 6.18. The average molecular weight is 243 g/mol. The van der Waals surface area contributed by atoms with Crippen LogP contribution in [0.15, 0.2) is 23.7 Å². The second-order valence-corrected chi connectivity index (χ2v) is 4.27. The Kier molecular flexibility index (Phi) is 3.87. The van der Waals surface area contributed by atoms with Crippen molar-refractivity contribution in [3.05, 3.63) is 30.0 Å². The van der Waals surface area contributed by atoms with E-state index in [0.29, 0.717) is 5.82 Å². The highest BCUT2D eigenvalue weighted by Gasteiger charge is 2.29. The van der Waals surface area contributed by atoms with Crippen LogP contribution < -0.4 is 5.32 Å². The average Bonchev–Trinajstić information content (AvgIpc) is 3.21. The monoisotopic (exact) mass is 243 g/mol. The molecule has 0 atom stereocenters. The third-order valence-corrected chi connectivity index (χ3v) is 2.76. The van der Waals surface area contributed by atoms with Gasteiger partial charge in [-0.3, -0.25) is 9.79 Å². The fraction of sp³-hybridized carbons (Fsp3) is 0.357. The van der Waals surface area contributed by atoms with Gasteiger partial charge in [0.1, 0.15) is 5.82 Å². The molecule has 18 heavy (non-hydrogen) atoms. The molecule has 1 aliphatic carbocycles. The lowest BCUT2D eigenvalue weighted by molar-refractivity contribution is -0.117. The summed E-state index contributed by atoms with van der Waals surface area (Å²) in [4.78, 5) is 20.2. The molecule has 4 heteroatoms. The first-order valence-electron chi connectivity index (χ1n) is 6.18. The lowest BCUT2D eigenvalue weighted by Crippen LogP contribution is -2.14. The van der Waals surface area contributed by atoms with Crippen LogP contribution in [0.5, 0.6) is 0 Å². The molecule has 1 saturated carbocycles. The zero-order valence-electron chi connectivity index (χ0n) is 10.5. The van der Waals surface area contributed by atoms with E-state index in [0.717, 1.165) is 30.6 Å². The Balaban J connectivity index is 2.15. The van der Waals surface area contributed by atoms with Crippen LogP contribution in [0, 0.1) is 5.92 Å². The van der Waals surface area contributed by atoms with E-state index in [-0.39, 0.29) is 11.8 Å². The van der Waals surface area contributed by atoms with Gasteiger partial charge in [0.25, 0.3) is 0 Å². The molecule has 0 aliphatic heterocycles. The van der Waals surface area contributed by atoms with Crippen LogP contribution in [-0.2, 0) is 4.79 Å². The highest BCUT2D eigenvalue weighted by Crippen LogP contribution is 2.30. The first-order chi connectivity index (χ1) is 8.74. The molecule has 0 unspecified atom stereocenters. The molecule has 1 aliphatic rings. The van der Waals surface area contributed by atoms with Gasteiger partial charge in [0.15, 0.2) is 0 Å². The van der Waals surface area contributed by atoms with E-state index in [2.05, 4.69) is 21.9 Å². The largest absolute Gasteiger partial charge is 0.310 e. The van der Waals surface area contributed by atoms with E-state index in [1.165, 1.54) is 0 Å². The standard InChI is InChI=1S/C14H17N3O/c1-3-12-11(9-15-4-2)7-8-13(16-12)17-14(18)10-5-6-10/h3,7-10H,1,4-6H2,2H3,(H,16,17,18)/b15-9-. The summed E-state index contributed by atoms with van der Waals surface area (Å²) in [6.45, 7) is 6.44. The van der Waals surface area contributed by atoms with Crippen LogP contribution in [-0.4, -0.2) is 23.7 Å². The van der Waals surface area contributed by atoms with Crippen LogP contribution in [0.25, 0.3) is 6.08 Å². The lowest BCUT2D eigenvalue weighted by Gasteiger charge is -2.06. The molecule has 1 aromatic rings. The third kappa shape index (κ3) is 3.03. The highest BCUT2D eigenvalue weighted by atomic mass is 16.2. The van der Waals surface area contributed by atoms with Gasteiger partial charge in [-0.05, 0) is 38.0 Å². The summed E-state index contributed by atoms with van der Waals surface area (Å²) in [5, 5.41) is 2.82. The van der Waals surface area contributed by atoms with E-state index < -0.39 is 0 Å². The molecule has 94 valence electrons. The van der Waals surface area contributed by atoms with Crippen molar-refractivity contribution in [3.8, 4) is 0 Å². The van der Waals surface area contributed by atoms with E-state index in [1.807, 2.05) is 13.0 Å². The summed E-state index contributed by atoms with van der Waals surface area (Å²) in [7, 11) is 0. The van der Waals surface area contributed by atoms with Crippen molar-refractivity contribution in [1.29, 1.82) is 0 Å². The van der Waals surface area contributed by atoms with E-state index in [1.54, 1.807) is 18.4 Å². The van der Waals surface area contributed by atoms with Crippen LogP contribution >= 0.6 is 0 Å². The summed E-state index contributed by atoms with van der Waals surface area (Å²) >= 11 is 0.